The lowest BCUT2D eigenvalue weighted by Crippen LogP contribution is -2.33. The van der Waals surface area contributed by atoms with Crippen LogP contribution in [0.2, 0.25) is 0 Å². The lowest BCUT2D eigenvalue weighted by molar-refractivity contribution is 0.410. The Hall–Kier alpha value is -0.250. The highest BCUT2D eigenvalue weighted by atomic mass is 79.9. The van der Waals surface area contributed by atoms with Gasteiger partial charge in [-0.25, -0.2) is 0 Å². The Kier molecular flexibility index (Phi) is 6.47. The predicted octanol–water partition coefficient (Wildman–Crippen LogP) is 3.95. The van der Waals surface area contributed by atoms with Crippen molar-refractivity contribution in [1.29, 1.82) is 0 Å². The van der Waals surface area contributed by atoms with Crippen molar-refractivity contribution in [2.75, 3.05) is 26.1 Å². The molecule has 0 aromatic heterocycles. The summed E-state index contributed by atoms with van der Waals surface area (Å²) in [6, 6.07) is 6.24. The van der Waals surface area contributed by atoms with Crippen molar-refractivity contribution in [2.24, 2.45) is 0 Å². The van der Waals surface area contributed by atoms with Crippen LogP contribution in [0.25, 0.3) is 0 Å². The van der Waals surface area contributed by atoms with Crippen LogP contribution in [0.3, 0.4) is 0 Å². The molecule has 1 rings (SSSR count). The third kappa shape index (κ3) is 4.45. The van der Waals surface area contributed by atoms with Crippen LogP contribution in [0, 0.1) is 0 Å². The summed E-state index contributed by atoms with van der Waals surface area (Å²) >= 11 is 9.19. The van der Waals surface area contributed by atoms with Gasteiger partial charge < -0.3 is 10.1 Å². The summed E-state index contributed by atoms with van der Waals surface area (Å²) in [5.74, 6) is 1.58. The van der Waals surface area contributed by atoms with E-state index in [1.165, 1.54) is 5.56 Å². The number of hydrogen-bond donors (Lipinski definition) is 1. The second-order valence-corrected chi connectivity index (χ2v) is 6.18. The summed E-state index contributed by atoms with van der Waals surface area (Å²) in [4.78, 5) is 0. The summed E-state index contributed by atoms with van der Waals surface area (Å²) in [6.07, 6.45) is 1.00. The molecule has 1 N–H and O–H groups in total. The standard InChI is InChI=1S/C14H21BrClNO/c1-14(2,10-17-8-4-7-16)11-5-6-13(18-3)12(15)9-11/h5-6,9,17H,4,7-8,10H2,1-3H3. The fourth-order valence-electron chi connectivity index (χ4n) is 1.78. The van der Waals surface area contributed by atoms with Crippen LogP contribution < -0.4 is 10.1 Å². The van der Waals surface area contributed by atoms with Gasteiger partial charge in [0.05, 0.1) is 11.6 Å². The molecule has 0 saturated heterocycles. The van der Waals surface area contributed by atoms with Gasteiger partial charge in [-0.15, -0.1) is 11.6 Å². The smallest absolute Gasteiger partial charge is 0.133 e. The monoisotopic (exact) mass is 333 g/mol. The Labute approximate surface area is 123 Å². The Bertz CT molecular complexity index is 382. The van der Waals surface area contributed by atoms with Gasteiger partial charge in [0.1, 0.15) is 5.75 Å². The topological polar surface area (TPSA) is 21.3 Å². The van der Waals surface area contributed by atoms with E-state index in [2.05, 4.69) is 47.2 Å². The summed E-state index contributed by atoms with van der Waals surface area (Å²) in [6.45, 7) is 6.36. The summed E-state index contributed by atoms with van der Waals surface area (Å²) in [5.41, 5.74) is 1.37. The van der Waals surface area contributed by atoms with Crippen LogP contribution in [0.15, 0.2) is 22.7 Å². The van der Waals surface area contributed by atoms with Crippen molar-refractivity contribution in [3.8, 4) is 5.75 Å². The number of halogens is 2. The Balaban J connectivity index is 2.69. The molecule has 0 heterocycles. The van der Waals surface area contributed by atoms with Crippen molar-refractivity contribution >= 4 is 27.5 Å². The van der Waals surface area contributed by atoms with Crippen LogP contribution in [0.5, 0.6) is 5.75 Å². The van der Waals surface area contributed by atoms with E-state index in [4.69, 9.17) is 16.3 Å². The van der Waals surface area contributed by atoms with Gasteiger partial charge in [0.15, 0.2) is 0 Å². The van der Waals surface area contributed by atoms with Crippen molar-refractivity contribution < 1.29 is 4.74 Å². The first kappa shape index (κ1) is 15.8. The predicted molar refractivity (Wildman–Crippen MR) is 81.9 cm³/mol. The van der Waals surface area contributed by atoms with Gasteiger partial charge >= 0.3 is 0 Å². The molecule has 0 fully saturated rings. The third-order valence-electron chi connectivity index (χ3n) is 2.99. The van der Waals surface area contributed by atoms with Gasteiger partial charge in [-0.2, -0.15) is 0 Å². The number of benzene rings is 1. The minimum Gasteiger partial charge on any atom is -0.496 e. The van der Waals surface area contributed by atoms with Crippen molar-refractivity contribution in [3.05, 3.63) is 28.2 Å². The molecule has 0 radical (unpaired) electrons. The lowest BCUT2D eigenvalue weighted by Gasteiger charge is -2.26. The normalized spacial score (nSPS) is 11.6. The van der Waals surface area contributed by atoms with E-state index in [1.807, 2.05) is 6.07 Å². The molecular weight excluding hydrogens is 314 g/mol. The molecule has 4 heteroatoms. The number of ether oxygens (including phenoxy) is 1. The summed E-state index contributed by atoms with van der Waals surface area (Å²) < 4.78 is 6.25. The number of methoxy groups -OCH3 is 1. The maximum Gasteiger partial charge on any atom is 0.133 e. The maximum absolute atomic E-state index is 5.66. The van der Waals surface area contributed by atoms with Crippen LogP contribution in [-0.4, -0.2) is 26.1 Å². The van der Waals surface area contributed by atoms with Crippen LogP contribution in [0.1, 0.15) is 25.8 Å². The molecule has 0 amide bonds. The van der Waals surface area contributed by atoms with Gasteiger partial charge in [0.25, 0.3) is 0 Å². The van der Waals surface area contributed by atoms with Gasteiger partial charge in [0, 0.05) is 17.8 Å². The fraction of sp³-hybridized carbons (Fsp3) is 0.571. The second-order valence-electron chi connectivity index (χ2n) is 4.95. The van der Waals surface area contributed by atoms with Crippen LogP contribution in [-0.2, 0) is 5.41 Å². The number of rotatable bonds is 7. The van der Waals surface area contributed by atoms with E-state index in [0.717, 1.165) is 29.7 Å². The highest BCUT2D eigenvalue weighted by molar-refractivity contribution is 9.10. The molecule has 0 aliphatic carbocycles. The van der Waals surface area contributed by atoms with E-state index in [0.29, 0.717) is 5.88 Å². The van der Waals surface area contributed by atoms with Crippen molar-refractivity contribution in [2.45, 2.75) is 25.7 Å². The zero-order valence-electron chi connectivity index (χ0n) is 11.2. The van der Waals surface area contributed by atoms with Gasteiger partial charge in [-0.3, -0.25) is 0 Å². The first-order chi connectivity index (χ1) is 8.51. The molecule has 0 bridgehead atoms. The molecule has 0 spiro atoms. The minimum atomic E-state index is 0.0844. The Morgan fingerprint density at radius 3 is 2.67 bits per heavy atom. The molecule has 1 aromatic rings. The molecule has 0 aliphatic heterocycles. The summed E-state index contributed by atoms with van der Waals surface area (Å²) in [7, 11) is 1.68. The maximum atomic E-state index is 5.66. The molecule has 0 atom stereocenters. The lowest BCUT2D eigenvalue weighted by atomic mass is 9.84. The third-order valence-corrected chi connectivity index (χ3v) is 3.87. The SMILES string of the molecule is COc1ccc(C(C)(C)CNCCCCl)cc1Br. The van der Waals surface area contributed by atoms with Crippen LogP contribution >= 0.6 is 27.5 Å². The molecule has 0 aliphatic rings. The van der Waals surface area contributed by atoms with Crippen molar-refractivity contribution in [3.63, 3.8) is 0 Å². The zero-order chi connectivity index (χ0) is 13.6. The average Bonchev–Trinajstić information content (AvgIpc) is 2.34. The number of nitrogens with one attached hydrogen (secondary N) is 1. The number of alkyl halides is 1. The molecule has 102 valence electrons. The average molecular weight is 335 g/mol. The van der Waals surface area contributed by atoms with Gasteiger partial charge in [-0.05, 0) is 46.6 Å². The molecule has 0 unspecified atom stereocenters. The van der Waals surface area contributed by atoms with Crippen LogP contribution in [0.4, 0.5) is 0 Å². The minimum absolute atomic E-state index is 0.0844. The van der Waals surface area contributed by atoms with E-state index >= 15 is 0 Å². The van der Waals surface area contributed by atoms with Crippen molar-refractivity contribution in [1.82, 2.24) is 5.32 Å². The molecule has 2 nitrogen and oxygen atoms in total. The highest BCUT2D eigenvalue weighted by Crippen LogP contribution is 2.31. The van der Waals surface area contributed by atoms with Gasteiger partial charge in [-0.1, -0.05) is 19.9 Å². The summed E-state index contributed by atoms with van der Waals surface area (Å²) in [5, 5.41) is 3.44. The highest BCUT2D eigenvalue weighted by Gasteiger charge is 2.21. The Morgan fingerprint density at radius 1 is 1.39 bits per heavy atom. The first-order valence-corrected chi connectivity index (χ1v) is 7.44. The quantitative estimate of drug-likeness (QED) is 0.602. The molecule has 18 heavy (non-hydrogen) atoms. The molecule has 0 saturated carbocycles. The number of hydrogen-bond acceptors (Lipinski definition) is 2. The largest absolute Gasteiger partial charge is 0.496 e. The van der Waals surface area contributed by atoms with Gasteiger partial charge in [0.2, 0.25) is 0 Å². The van der Waals surface area contributed by atoms with E-state index in [9.17, 15) is 0 Å². The van der Waals surface area contributed by atoms with E-state index in [1.54, 1.807) is 7.11 Å². The Morgan fingerprint density at radius 2 is 2.11 bits per heavy atom. The van der Waals surface area contributed by atoms with E-state index in [-0.39, 0.29) is 5.41 Å². The zero-order valence-corrected chi connectivity index (χ0v) is 13.6. The van der Waals surface area contributed by atoms with E-state index < -0.39 is 0 Å². The molecular formula is C14H21BrClNO. The first-order valence-electron chi connectivity index (χ1n) is 6.12. The molecule has 1 aromatic carbocycles. The fourth-order valence-corrected chi connectivity index (χ4v) is 2.46. The second kappa shape index (κ2) is 7.37.